The Balaban J connectivity index is 2.19. The van der Waals surface area contributed by atoms with Gasteiger partial charge in [0, 0.05) is 16.8 Å². The van der Waals surface area contributed by atoms with Crippen LogP contribution >= 0.6 is 11.3 Å². The van der Waals surface area contributed by atoms with Gasteiger partial charge in [-0.05, 0) is 24.6 Å². The van der Waals surface area contributed by atoms with Gasteiger partial charge in [0.15, 0.2) is 5.13 Å². The molecule has 96 valence electrons. The summed E-state index contributed by atoms with van der Waals surface area (Å²) in [5.74, 6) is 0. The van der Waals surface area contributed by atoms with E-state index in [-0.39, 0.29) is 0 Å². The predicted octanol–water partition coefficient (Wildman–Crippen LogP) is 4.47. The number of hydrogen-bond acceptors (Lipinski definition) is 3. The highest BCUT2D eigenvalue weighted by Gasteiger charge is 2.30. The van der Waals surface area contributed by atoms with Crippen LogP contribution in [0.2, 0.25) is 0 Å². The van der Waals surface area contributed by atoms with Crippen molar-refractivity contribution >= 4 is 22.2 Å². The molecular formula is C12H11F3N2S. The molecule has 0 atom stereocenters. The monoisotopic (exact) mass is 272 g/mol. The van der Waals surface area contributed by atoms with E-state index in [1.54, 1.807) is 12.3 Å². The molecule has 0 saturated carbocycles. The minimum Gasteiger partial charge on any atom is -0.332 e. The second-order valence-corrected chi connectivity index (χ2v) is 4.80. The van der Waals surface area contributed by atoms with Gasteiger partial charge in [-0.2, -0.15) is 13.2 Å². The summed E-state index contributed by atoms with van der Waals surface area (Å²) in [7, 11) is 0. The standard InChI is InChI=1S/C12H11F3N2S/c1-2-10-7-16-11(18-10)17-9-5-3-4-8(6-9)12(13,14)15/h3-7H,2H2,1H3,(H,16,17). The molecular weight excluding hydrogens is 261 g/mol. The lowest BCUT2D eigenvalue weighted by molar-refractivity contribution is -0.137. The van der Waals surface area contributed by atoms with Crippen LogP contribution in [0.3, 0.4) is 0 Å². The van der Waals surface area contributed by atoms with Crippen LogP contribution in [0.15, 0.2) is 30.5 Å². The molecule has 0 fully saturated rings. The van der Waals surface area contributed by atoms with Crippen LogP contribution in [0.1, 0.15) is 17.4 Å². The third-order valence-electron chi connectivity index (χ3n) is 2.34. The van der Waals surface area contributed by atoms with Crippen molar-refractivity contribution in [1.29, 1.82) is 0 Å². The van der Waals surface area contributed by atoms with Crippen molar-refractivity contribution < 1.29 is 13.2 Å². The number of aryl methyl sites for hydroxylation is 1. The van der Waals surface area contributed by atoms with Crippen molar-refractivity contribution in [1.82, 2.24) is 4.98 Å². The molecule has 0 radical (unpaired) electrons. The molecule has 0 saturated heterocycles. The zero-order chi connectivity index (χ0) is 13.2. The molecule has 0 amide bonds. The van der Waals surface area contributed by atoms with Crippen LogP contribution in [0.4, 0.5) is 24.0 Å². The number of rotatable bonds is 3. The van der Waals surface area contributed by atoms with Crippen LogP contribution in [0, 0.1) is 0 Å². The van der Waals surface area contributed by atoms with Crippen LogP contribution in [-0.2, 0) is 12.6 Å². The van der Waals surface area contributed by atoms with Gasteiger partial charge >= 0.3 is 6.18 Å². The first-order valence-electron chi connectivity index (χ1n) is 5.38. The van der Waals surface area contributed by atoms with Crippen LogP contribution in [0.25, 0.3) is 0 Å². The molecule has 1 aromatic heterocycles. The van der Waals surface area contributed by atoms with E-state index in [1.807, 2.05) is 6.92 Å². The lowest BCUT2D eigenvalue weighted by atomic mass is 10.2. The van der Waals surface area contributed by atoms with Crippen molar-refractivity contribution in [3.8, 4) is 0 Å². The van der Waals surface area contributed by atoms with Crippen molar-refractivity contribution in [2.24, 2.45) is 0 Å². The van der Waals surface area contributed by atoms with Crippen molar-refractivity contribution in [3.05, 3.63) is 40.9 Å². The van der Waals surface area contributed by atoms with Crippen molar-refractivity contribution in [2.75, 3.05) is 5.32 Å². The van der Waals surface area contributed by atoms with Gasteiger partial charge in [-0.3, -0.25) is 0 Å². The van der Waals surface area contributed by atoms with Gasteiger partial charge < -0.3 is 5.32 Å². The Morgan fingerprint density at radius 2 is 2.11 bits per heavy atom. The molecule has 2 rings (SSSR count). The number of nitrogens with zero attached hydrogens (tertiary/aromatic N) is 1. The smallest absolute Gasteiger partial charge is 0.332 e. The number of benzene rings is 1. The Morgan fingerprint density at radius 3 is 2.72 bits per heavy atom. The first kappa shape index (κ1) is 12.9. The fourth-order valence-corrected chi connectivity index (χ4v) is 2.20. The second kappa shape index (κ2) is 4.97. The number of halogens is 3. The quantitative estimate of drug-likeness (QED) is 0.891. The first-order valence-corrected chi connectivity index (χ1v) is 6.19. The summed E-state index contributed by atoms with van der Waals surface area (Å²) in [6.45, 7) is 2.00. The zero-order valence-electron chi connectivity index (χ0n) is 9.58. The highest BCUT2D eigenvalue weighted by molar-refractivity contribution is 7.15. The third kappa shape index (κ3) is 3.01. The second-order valence-electron chi connectivity index (χ2n) is 3.69. The van der Waals surface area contributed by atoms with Gasteiger partial charge in [0.1, 0.15) is 0 Å². The van der Waals surface area contributed by atoms with E-state index in [9.17, 15) is 13.2 Å². The maximum Gasteiger partial charge on any atom is 0.416 e. The van der Waals surface area contributed by atoms with Crippen LogP contribution < -0.4 is 5.32 Å². The number of aromatic nitrogens is 1. The van der Waals surface area contributed by atoms with E-state index < -0.39 is 11.7 Å². The normalized spacial score (nSPS) is 11.6. The van der Waals surface area contributed by atoms with Crippen molar-refractivity contribution in [3.63, 3.8) is 0 Å². The average Bonchev–Trinajstić information content (AvgIpc) is 2.76. The maximum atomic E-state index is 12.5. The van der Waals surface area contributed by atoms with E-state index >= 15 is 0 Å². The Morgan fingerprint density at radius 1 is 1.33 bits per heavy atom. The number of nitrogens with one attached hydrogen (secondary N) is 1. The Hall–Kier alpha value is -1.56. The maximum absolute atomic E-state index is 12.5. The lowest BCUT2D eigenvalue weighted by Crippen LogP contribution is -2.05. The van der Waals surface area contributed by atoms with E-state index in [0.29, 0.717) is 10.8 Å². The summed E-state index contributed by atoms with van der Waals surface area (Å²) < 4.78 is 37.6. The molecule has 0 aliphatic heterocycles. The Kier molecular flexibility index (Phi) is 3.56. The van der Waals surface area contributed by atoms with Gasteiger partial charge in [0.2, 0.25) is 0 Å². The number of hydrogen-bond donors (Lipinski definition) is 1. The highest BCUT2D eigenvalue weighted by Crippen LogP contribution is 2.31. The van der Waals surface area contributed by atoms with Crippen LogP contribution in [0.5, 0.6) is 0 Å². The predicted molar refractivity (Wildman–Crippen MR) is 66.2 cm³/mol. The molecule has 2 nitrogen and oxygen atoms in total. The van der Waals surface area contributed by atoms with E-state index in [1.165, 1.54) is 17.4 Å². The van der Waals surface area contributed by atoms with Crippen molar-refractivity contribution in [2.45, 2.75) is 19.5 Å². The molecule has 0 aliphatic carbocycles. The fourth-order valence-electron chi connectivity index (χ4n) is 1.43. The summed E-state index contributed by atoms with van der Waals surface area (Å²) in [5, 5.41) is 3.48. The summed E-state index contributed by atoms with van der Waals surface area (Å²) in [5.41, 5.74) is -0.276. The van der Waals surface area contributed by atoms with Gasteiger partial charge in [-0.15, -0.1) is 11.3 Å². The molecule has 1 aromatic carbocycles. The summed E-state index contributed by atoms with van der Waals surface area (Å²) in [4.78, 5) is 5.19. The molecule has 0 spiro atoms. The molecule has 0 aliphatic rings. The average molecular weight is 272 g/mol. The molecule has 18 heavy (non-hydrogen) atoms. The van der Waals surface area contributed by atoms with E-state index in [0.717, 1.165) is 23.4 Å². The lowest BCUT2D eigenvalue weighted by Gasteiger charge is -2.08. The van der Waals surface area contributed by atoms with Crippen LogP contribution in [-0.4, -0.2) is 4.98 Å². The third-order valence-corrected chi connectivity index (χ3v) is 3.40. The summed E-state index contributed by atoms with van der Waals surface area (Å²) in [6, 6.07) is 5.08. The van der Waals surface area contributed by atoms with Gasteiger partial charge in [0.05, 0.1) is 5.56 Å². The molecule has 0 bridgehead atoms. The number of thiazole rings is 1. The molecule has 6 heteroatoms. The topological polar surface area (TPSA) is 24.9 Å². The molecule has 0 unspecified atom stereocenters. The first-order chi connectivity index (χ1) is 8.49. The zero-order valence-corrected chi connectivity index (χ0v) is 10.4. The summed E-state index contributed by atoms with van der Waals surface area (Å²) >= 11 is 1.44. The van der Waals surface area contributed by atoms with Gasteiger partial charge in [-0.1, -0.05) is 13.0 Å². The largest absolute Gasteiger partial charge is 0.416 e. The summed E-state index contributed by atoms with van der Waals surface area (Å²) in [6.07, 6.45) is -1.74. The Labute approximate surface area is 106 Å². The minimum absolute atomic E-state index is 0.391. The highest BCUT2D eigenvalue weighted by atomic mass is 32.1. The number of anilines is 2. The Bertz CT molecular complexity index is 534. The van der Waals surface area contributed by atoms with Gasteiger partial charge in [0.25, 0.3) is 0 Å². The SMILES string of the molecule is CCc1cnc(Nc2cccc(C(F)(F)F)c2)s1. The fraction of sp³-hybridized carbons (Fsp3) is 0.250. The van der Waals surface area contributed by atoms with E-state index in [4.69, 9.17) is 0 Å². The minimum atomic E-state index is -4.32. The molecule has 2 aromatic rings. The van der Waals surface area contributed by atoms with E-state index in [2.05, 4.69) is 10.3 Å². The molecule has 1 heterocycles. The number of alkyl halides is 3. The van der Waals surface area contributed by atoms with Gasteiger partial charge in [-0.25, -0.2) is 4.98 Å². The molecule has 1 N–H and O–H groups in total.